The average molecular weight is 512 g/mol. The van der Waals surface area contributed by atoms with Crippen LogP contribution in [0.2, 0.25) is 0 Å². The smallest absolute Gasteiger partial charge is 0.207 e. The molecule has 3 aromatic rings. The van der Waals surface area contributed by atoms with E-state index in [9.17, 15) is 21.6 Å². The molecule has 0 aromatic heterocycles. The standard InChI is InChI=1S/C24H24F3NO2S3/c1-16-12-14-19(15-13-16)33(29,30)28-22(24(25,26)27)23(31-20-10-6-4-8-17(20)2)32-21-11-7-5-9-18(21)3/h4-15,22-23,28H,1-3H3. The van der Waals surface area contributed by atoms with Gasteiger partial charge in [0.15, 0.2) is 0 Å². The van der Waals surface area contributed by atoms with Gasteiger partial charge in [0, 0.05) is 9.79 Å². The van der Waals surface area contributed by atoms with E-state index < -0.39 is 26.8 Å². The quantitative estimate of drug-likeness (QED) is 0.269. The average Bonchev–Trinajstić information content (AvgIpc) is 2.74. The van der Waals surface area contributed by atoms with Gasteiger partial charge in [-0.2, -0.15) is 17.9 Å². The fraction of sp³-hybridized carbons (Fsp3) is 0.250. The normalized spacial score (nSPS) is 13.3. The van der Waals surface area contributed by atoms with Crippen LogP contribution in [-0.2, 0) is 10.0 Å². The Morgan fingerprint density at radius 1 is 0.758 bits per heavy atom. The number of rotatable bonds is 8. The summed E-state index contributed by atoms with van der Waals surface area (Å²) in [5.74, 6) is 0. The predicted molar refractivity (Wildman–Crippen MR) is 129 cm³/mol. The van der Waals surface area contributed by atoms with Crippen molar-refractivity contribution in [1.29, 1.82) is 0 Å². The monoisotopic (exact) mass is 511 g/mol. The largest absolute Gasteiger partial charge is 0.406 e. The topological polar surface area (TPSA) is 46.2 Å². The summed E-state index contributed by atoms with van der Waals surface area (Å²) in [6, 6.07) is 17.7. The van der Waals surface area contributed by atoms with Gasteiger partial charge in [-0.25, -0.2) is 8.42 Å². The van der Waals surface area contributed by atoms with Gasteiger partial charge < -0.3 is 0 Å². The van der Waals surface area contributed by atoms with E-state index in [0.29, 0.717) is 9.79 Å². The molecule has 0 aliphatic rings. The van der Waals surface area contributed by atoms with Crippen LogP contribution in [-0.4, -0.2) is 25.2 Å². The van der Waals surface area contributed by atoms with Crippen molar-refractivity contribution in [1.82, 2.24) is 4.72 Å². The van der Waals surface area contributed by atoms with Crippen molar-refractivity contribution in [2.75, 3.05) is 0 Å². The maximum atomic E-state index is 14.3. The number of thioether (sulfide) groups is 2. The molecule has 3 rings (SSSR count). The van der Waals surface area contributed by atoms with Crippen molar-refractivity contribution in [3.05, 3.63) is 89.5 Å². The van der Waals surface area contributed by atoms with E-state index in [0.717, 1.165) is 40.2 Å². The summed E-state index contributed by atoms with van der Waals surface area (Å²) in [5.41, 5.74) is 2.45. The first-order valence-corrected chi connectivity index (χ1v) is 13.3. The molecule has 1 N–H and O–H groups in total. The lowest BCUT2D eigenvalue weighted by Gasteiger charge is -2.29. The second-order valence-electron chi connectivity index (χ2n) is 7.59. The highest BCUT2D eigenvalue weighted by Crippen LogP contribution is 2.44. The fourth-order valence-corrected chi connectivity index (χ4v) is 7.28. The van der Waals surface area contributed by atoms with Gasteiger partial charge in [0.1, 0.15) is 6.04 Å². The second-order valence-corrected chi connectivity index (χ2v) is 12.0. The molecule has 3 aromatic carbocycles. The molecule has 9 heteroatoms. The van der Waals surface area contributed by atoms with Crippen LogP contribution in [0.3, 0.4) is 0 Å². The van der Waals surface area contributed by atoms with Crippen LogP contribution in [0.1, 0.15) is 16.7 Å². The van der Waals surface area contributed by atoms with Gasteiger partial charge >= 0.3 is 6.18 Å². The first-order chi connectivity index (χ1) is 15.5. The highest BCUT2D eigenvalue weighted by molar-refractivity contribution is 8.17. The number of halogens is 3. The summed E-state index contributed by atoms with van der Waals surface area (Å²) in [5, 5.41) is 0. The van der Waals surface area contributed by atoms with Gasteiger partial charge in [-0.3, -0.25) is 0 Å². The van der Waals surface area contributed by atoms with Crippen LogP contribution in [0.4, 0.5) is 13.2 Å². The van der Waals surface area contributed by atoms with Crippen molar-refractivity contribution >= 4 is 33.5 Å². The van der Waals surface area contributed by atoms with Gasteiger partial charge in [-0.15, -0.1) is 23.5 Å². The van der Waals surface area contributed by atoms with E-state index in [1.165, 1.54) is 12.1 Å². The third-order valence-electron chi connectivity index (χ3n) is 4.91. The summed E-state index contributed by atoms with van der Waals surface area (Å²) in [4.78, 5) is 1.11. The summed E-state index contributed by atoms with van der Waals surface area (Å²) in [6.07, 6.45) is -4.81. The molecule has 0 aliphatic heterocycles. The van der Waals surface area contributed by atoms with Gasteiger partial charge in [0.05, 0.1) is 9.48 Å². The summed E-state index contributed by atoms with van der Waals surface area (Å²) in [6.45, 7) is 5.41. The van der Waals surface area contributed by atoms with Crippen molar-refractivity contribution in [3.8, 4) is 0 Å². The van der Waals surface area contributed by atoms with E-state index in [4.69, 9.17) is 0 Å². The van der Waals surface area contributed by atoms with Gasteiger partial charge in [-0.1, -0.05) is 54.1 Å². The number of hydrogen-bond acceptors (Lipinski definition) is 4. The van der Waals surface area contributed by atoms with E-state index in [-0.39, 0.29) is 4.90 Å². The zero-order chi connectivity index (χ0) is 24.2. The fourth-order valence-electron chi connectivity index (χ4n) is 3.02. The molecule has 0 heterocycles. The molecule has 0 bridgehead atoms. The molecule has 0 amide bonds. The van der Waals surface area contributed by atoms with E-state index >= 15 is 0 Å². The Bertz CT molecular complexity index is 1150. The Kier molecular flexibility index (Phi) is 8.21. The molecular formula is C24H24F3NO2S3. The van der Waals surface area contributed by atoms with Crippen LogP contribution in [0, 0.1) is 20.8 Å². The highest BCUT2D eigenvalue weighted by atomic mass is 32.2. The van der Waals surface area contributed by atoms with Crippen molar-refractivity contribution in [2.45, 2.75) is 52.3 Å². The number of nitrogens with one attached hydrogen (secondary N) is 1. The number of hydrogen-bond donors (Lipinski definition) is 1. The van der Waals surface area contributed by atoms with Crippen LogP contribution in [0.25, 0.3) is 0 Å². The number of aryl methyl sites for hydroxylation is 3. The van der Waals surface area contributed by atoms with Crippen LogP contribution in [0.15, 0.2) is 87.5 Å². The lowest BCUT2D eigenvalue weighted by atomic mass is 10.2. The second kappa shape index (κ2) is 10.5. The maximum Gasteiger partial charge on any atom is 0.406 e. The van der Waals surface area contributed by atoms with E-state index in [1.54, 1.807) is 43.3 Å². The Balaban J connectivity index is 2.03. The molecule has 0 fully saturated rings. The van der Waals surface area contributed by atoms with Crippen molar-refractivity contribution in [2.24, 2.45) is 0 Å². The Morgan fingerprint density at radius 3 is 1.64 bits per heavy atom. The molecule has 0 radical (unpaired) electrons. The van der Waals surface area contributed by atoms with E-state index in [2.05, 4.69) is 0 Å². The van der Waals surface area contributed by atoms with Crippen molar-refractivity contribution < 1.29 is 21.6 Å². The third-order valence-corrected chi connectivity index (χ3v) is 9.38. The third kappa shape index (κ3) is 6.79. The molecule has 0 spiro atoms. The Labute approximate surface area is 201 Å². The minimum absolute atomic E-state index is 0.206. The molecule has 1 atom stereocenters. The number of benzene rings is 3. The molecular weight excluding hydrogens is 487 g/mol. The Hall–Kier alpha value is -1.94. The zero-order valence-corrected chi connectivity index (χ0v) is 20.7. The van der Waals surface area contributed by atoms with E-state index in [1.807, 2.05) is 42.8 Å². The lowest BCUT2D eigenvalue weighted by molar-refractivity contribution is -0.147. The van der Waals surface area contributed by atoms with Gasteiger partial charge in [0.25, 0.3) is 0 Å². The predicted octanol–water partition coefficient (Wildman–Crippen LogP) is 6.73. The minimum Gasteiger partial charge on any atom is -0.207 e. The maximum absolute atomic E-state index is 14.3. The van der Waals surface area contributed by atoms with Crippen LogP contribution >= 0.6 is 23.5 Å². The molecule has 0 saturated carbocycles. The molecule has 0 aliphatic carbocycles. The lowest BCUT2D eigenvalue weighted by Crippen LogP contribution is -2.50. The minimum atomic E-state index is -4.81. The SMILES string of the molecule is Cc1ccc(S(=O)(=O)NC(C(Sc2ccccc2C)Sc2ccccc2C)C(F)(F)F)cc1. The molecule has 3 nitrogen and oxygen atoms in total. The summed E-state index contributed by atoms with van der Waals surface area (Å²) in [7, 11) is -4.41. The van der Waals surface area contributed by atoms with Gasteiger partial charge in [0.2, 0.25) is 10.0 Å². The van der Waals surface area contributed by atoms with Crippen LogP contribution < -0.4 is 4.72 Å². The Morgan fingerprint density at radius 2 is 1.21 bits per heavy atom. The molecule has 33 heavy (non-hydrogen) atoms. The van der Waals surface area contributed by atoms with Gasteiger partial charge in [-0.05, 0) is 56.2 Å². The first kappa shape index (κ1) is 25.7. The first-order valence-electron chi connectivity index (χ1n) is 10.1. The van der Waals surface area contributed by atoms with Crippen molar-refractivity contribution in [3.63, 3.8) is 0 Å². The highest BCUT2D eigenvalue weighted by Gasteiger charge is 2.48. The van der Waals surface area contributed by atoms with Crippen LogP contribution in [0.5, 0.6) is 0 Å². The molecule has 1 unspecified atom stereocenters. The summed E-state index contributed by atoms with van der Waals surface area (Å²) >= 11 is 2.02. The molecule has 0 saturated heterocycles. The number of sulfonamides is 1. The summed E-state index contributed by atoms with van der Waals surface area (Å²) < 4.78 is 69.6. The number of alkyl halides is 3. The molecule has 176 valence electrons. The zero-order valence-electron chi connectivity index (χ0n) is 18.3.